The Balaban J connectivity index is 2.18. The van der Waals surface area contributed by atoms with Crippen LogP contribution in [0.4, 0.5) is 0 Å². The summed E-state index contributed by atoms with van der Waals surface area (Å²) in [5.41, 5.74) is 2.00. The second kappa shape index (κ2) is 5.07. The molecule has 3 nitrogen and oxygen atoms in total. The molecule has 0 bridgehead atoms. The van der Waals surface area contributed by atoms with E-state index in [2.05, 4.69) is 17.4 Å². The molecule has 92 valence electrons. The van der Waals surface area contributed by atoms with Crippen molar-refractivity contribution in [2.75, 3.05) is 19.0 Å². The molecule has 17 heavy (non-hydrogen) atoms. The quantitative estimate of drug-likeness (QED) is 0.835. The van der Waals surface area contributed by atoms with Crippen molar-refractivity contribution in [1.82, 2.24) is 5.32 Å². The number of halogens is 1. The van der Waals surface area contributed by atoms with Crippen LogP contribution in [-0.2, 0) is 21.6 Å². The number of amides is 1. The van der Waals surface area contributed by atoms with Crippen molar-refractivity contribution in [3.63, 3.8) is 0 Å². The minimum atomic E-state index is -0.448. The molecule has 1 atom stereocenters. The third-order valence-electron chi connectivity index (χ3n) is 3.12. The predicted molar refractivity (Wildman–Crippen MR) is 67.2 cm³/mol. The first kappa shape index (κ1) is 12.4. The summed E-state index contributed by atoms with van der Waals surface area (Å²) in [6.07, 6.45) is 0.926. The molecule has 2 rings (SSSR count). The highest BCUT2D eigenvalue weighted by Gasteiger charge is 2.33. The Morgan fingerprint density at radius 1 is 1.53 bits per heavy atom. The molecular formula is C13H16ClNO2. The minimum absolute atomic E-state index is 0.0161. The standard InChI is InChI=1S/C13H16ClNO2/c1-13(9-15-12(16)8-14)11-5-3-2-4-10(11)6-7-17-13/h2-5H,6-9H2,1H3,(H,15,16). The molecule has 0 aliphatic carbocycles. The number of rotatable bonds is 3. The van der Waals surface area contributed by atoms with Gasteiger partial charge in [0.05, 0.1) is 13.2 Å². The summed E-state index contributed by atoms with van der Waals surface area (Å²) in [7, 11) is 0. The summed E-state index contributed by atoms with van der Waals surface area (Å²) in [5, 5.41) is 2.79. The zero-order valence-electron chi connectivity index (χ0n) is 9.83. The third kappa shape index (κ3) is 2.61. The number of ether oxygens (including phenoxy) is 1. The van der Waals surface area contributed by atoms with E-state index in [1.807, 2.05) is 19.1 Å². The first-order valence-corrected chi connectivity index (χ1v) is 6.24. The van der Waals surface area contributed by atoms with Crippen LogP contribution in [0.25, 0.3) is 0 Å². The molecule has 1 amide bonds. The second-order valence-corrected chi connectivity index (χ2v) is 4.66. The zero-order chi connectivity index (χ0) is 12.3. The number of fused-ring (bicyclic) bond motifs is 1. The lowest BCUT2D eigenvalue weighted by atomic mass is 9.87. The van der Waals surface area contributed by atoms with Crippen LogP contribution < -0.4 is 5.32 Å². The topological polar surface area (TPSA) is 38.3 Å². The van der Waals surface area contributed by atoms with Crippen molar-refractivity contribution in [3.05, 3.63) is 35.4 Å². The number of hydrogen-bond acceptors (Lipinski definition) is 2. The molecule has 1 aliphatic heterocycles. The van der Waals surface area contributed by atoms with Gasteiger partial charge in [-0.05, 0) is 24.5 Å². The fourth-order valence-corrected chi connectivity index (χ4v) is 2.27. The van der Waals surface area contributed by atoms with Gasteiger partial charge in [0, 0.05) is 0 Å². The van der Waals surface area contributed by atoms with Gasteiger partial charge in [-0.1, -0.05) is 24.3 Å². The lowest BCUT2D eigenvalue weighted by Crippen LogP contribution is -2.44. The SMILES string of the molecule is CC1(CNC(=O)CCl)OCCc2ccccc21. The van der Waals surface area contributed by atoms with Crippen LogP contribution in [0.2, 0.25) is 0 Å². The molecule has 1 aromatic carbocycles. The molecule has 0 radical (unpaired) electrons. The van der Waals surface area contributed by atoms with Gasteiger partial charge in [0.25, 0.3) is 0 Å². The Labute approximate surface area is 106 Å². The summed E-state index contributed by atoms with van der Waals surface area (Å²) in [6, 6.07) is 8.19. The van der Waals surface area contributed by atoms with E-state index in [4.69, 9.17) is 16.3 Å². The first-order valence-electron chi connectivity index (χ1n) is 5.71. The predicted octanol–water partition coefficient (Wildman–Crippen LogP) is 1.83. The van der Waals surface area contributed by atoms with E-state index in [9.17, 15) is 4.79 Å². The molecule has 0 fully saturated rings. The van der Waals surface area contributed by atoms with Crippen molar-refractivity contribution in [1.29, 1.82) is 0 Å². The van der Waals surface area contributed by atoms with Crippen LogP contribution in [-0.4, -0.2) is 24.9 Å². The molecule has 1 N–H and O–H groups in total. The van der Waals surface area contributed by atoms with Gasteiger partial charge in [0.1, 0.15) is 11.5 Å². The number of nitrogens with one attached hydrogen (secondary N) is 1. The van der Waals surface area contributed by atoms with E-state index >= 15 is 0 Å². The fraction of sp³-hybridized carbons (Fsp3) is 0.462. The average Bonchev–Trinajstić information content (AvgIpc) is 2.37. The van der Waals surface area contributed by atoms with Crippen molar-refractivity contribution in [2.24, 2.45) is 0 Å². The van der Waals surface area contributed by atoms with Gasteiger partial charge in [-0.3, -0.25) is 4.79 Å². The number of carbonyl (C=O) groups is 1. The minimum Gasteiger partial charge on any atom is -0.368 e. The molecule has 1 aliphatic rings. The first-order chi connectivity index (χ1) is 8.15. The Bertz CT molecular complexity index is 422. The fourth-order valence-electron chi connectivity index (χ4n) is 2.18. The Kier molecular flexibility index (Phi) is 3.69. The molecule has 1 aromatic rings. The maximum Gasteiger partial charge on any atom is 0.235 e. The van der Waals surface area contributed by atoms with Gasteiger partial charge in [-0.2, -0.15) is 0 Å². The zero-order valence-corrected chi connectivity index (χ0v) is 10.6. The van der Waals surface area contributed by atoms with Crippen molar-refractivity contribution >= 4 is 17.5 Å². The van der Waals surface area contributed by atoms with Crippen LogP contribution in [0, 0.1) is 0 Å². The molecule has 0 saturated heterocycles. The van der Waals surface area contributed by atoms with Gasteiger partial charge in [0.15, 0.2) is 0 Å². The molecule has 0 saturated carbocycles. The molecule has 0 aromatic heterocycles. The average molecular weight is 254 g/mol. The highest BCUT2D eigenvalue weighted by atomic mass is 35.5. The van der Waals surface area contributed by atoms with E-state index in [1.165, 1.54) is 5.56 Å². The number of alkyl halides is 1. The number of carbonyl (C=O) groups excluding carboxylic acids is 1. The number of benzene rings is 1. The van der Waals surface area contributed by atoms with Crippen molar-refractivity contribution < 1.29 is 9.53 Å². The summed E-state index contributed by atoms with van der Waals surface area (Å²) >= 11 is 5.46. The van der Waals surface area contributed by atoms with E-state index in [1.54, 1.807) is 0 Å². The van der Waals surface area contributed by atoms with Crippen LogP contribution in [0.1, 0.15) is 18.1 Å². The maximum atomic E-state index is 11.2. The smallest absolute Gasteiger partial charge is 0.235 e. The van der Waals surface area contributed by atoms with Gasteiger partial charge < -0.3 is 10.1 Å². The summed E-state index contributed by atoms with van der Waals surface area (Å²) in [6.45, 7) is 3.14. The van der Waals surface area contributed by atoms with Gasteiger partial charge in [0.2, 0.25) is 5.91 Å². The van der Waals surface area contributed by atoms with E-state index in [0.717, 1.165) is 12.0 Å². The lowest BCUT2D eigenvalue weighted by molar-refractivity contribution is -0.121. The largest absolute Gasteiger partial charge is 0.368 e. The lowest BCUT2D eigenvalue weighted by Gasteiger charge is -2.36. The Hall–Kier alpha value is -1.06. The van der Waals surface area contributed by atoms with Gasteiger partial charge >= 0.3 is 0 Å². The molecular weight excluding hydrogens is 238 g/mol. The maximum absolute atomic E-state index is 11.2. The normalized spacial score (nSPS) is 22.9. The summed E-state index contributed by atoms with van der Waals surface area (Å²) in [4.78, 5) is 11.2. The third-order valence-corrected chi connectivity index (χ3v) is 3.37. The number of hydrogen-bond donors (Lipinski definition) is 1. The highest BCUT2D eigenvalue weighted by molar-refractivity contribution is 6.27. The monoisotopic (exact) mass is 253 g/mol. The second-order valence-electron chi connectivity index (χ2n) is 4.40. The molecule has 1 unspecified atom stereocenters. The van der Waals surface area contributed by atoms with Crippen molar-refractivity contribution in [3.8, 4) is 0 Å². The van der Waals surface area contributed by atoms with Crippen LogP contribution in [0.15, 0.2) is 24.3 Å². The van der Waals surface area contributed by atoms with Crippen LogP contribution in [0.5, 0.6) is 0 Å². The Morgan fingerprint density at radius 2 is 2.29 bits per heavy atom. The Morgan fingerprint density at radius 3 is 3.06 bits per heavy atom. The van der Waals surface area contributed by atoms with Gasteiger partial charge in [-0.15, -0.1) is 11.6 Å². The summed E-state index contributed by atoms with van der Waals surface area (Å²) < 4.78 is 5.83. The van der Waals surface area contributed by atoms with Crippen LogP contribution in [0.3, 0.4) is 0 Å². The molecule has 4 heteroatoms. The van der Waals surface area contributed by atoms with Crippen molar-refractivity contribution in [2.45, 2.75) is 18.9 Å². The van der Waals surface area contributed by atoms with Gasteiger partial charge in [-0.25, -0.2) is 0 Å². The van der Waals surface area contributed by atoms with E-state index < -0.39 is 5.60 Å². The highest BCUT2D eigenvalue weighted by Crippen LogP contribution is 2.32. The van der Waals surface area contributed by atoms with Crippen LogP contribution >= 0.6 is 11.6 Å². The van der Waals surface area contributed by atoms with E-state index in [0.29, 0.717) is 13.2 Å². The van der Waals surface area contributed by atoms with E-state index in [-0.39, 0.29) is 11.8 Å². The molecule has 0 spiro atoms. The summed E-state index contributed by atoms with van der Waals surface area (Å²) in [5.74, 6) is -0.183. The molecule has 1 heterocycles.